The molecule has 1 atom stereocenters. The lowest BCUT2D eigenvalue weighted by Gasteiger charge is -2.26. The summed E-state index contributed by atoms with van der Waals surface area (Å²) in [5, 5.41) is 3.07. The highest BCUT2D eigenvalue weighted by Crippen LogP contribution is 2.21. The van der Waals surface area contributed by atoms with Gasteiger partial charge in [0.2, 0.25) is 5.91 Å². The number of benzene rings is 1. The van der Waals surface area contributed by atoms with Gasteiger partial charge in [0.05, 0.1) is 0 Å². The van der Waals surface area contributed by atoms with Crippen molar-refractivity contribution in [3.8, 4) is 0 Å². The third-order valence-electron chi connectivity index (χ3n) is 3.43. The van der Waals surface area contributed by atoms with Crippen molar-refractivity contribution in [3.05, 3.63) is 35.9 Å². The molecule has 0 aliphatic heterocycles. The topological polar surface area (TPSA) is 29.1 Å². The number of hydrogen-bond donors (Lipinski definition) is 1. The molecule has 1 N–H and O–H groups in total. The number of rotatable bonds is 6. The molecule has 0 saturated carbocycles. The maximum absolute atomic E-state index is 11.9. The van der Waals surface area contributed by atoms with Crippen LogP contribution in [-0.2, 0) is 10.2 Å². The van der Waals surface area contributed by atoms with Crippen LogP contribution in [0.3, 0.4) is 0 Å². The van der Waals surface area contributed by atoms with Crippen molar-refractivity contribution in [2.45, 2.75) is 46.0 Å². The van der Waals surface area contributed by atoms with E-state index in [-0.39, 0.29) is 17.2 Å². The van der Waals surface area contributed by atoms with Crippen molar-refractivity contribution >= 4 is 5.91 Å². The second-order valence-electron chi connectivity index (χ2n) is 5.66. The average molecular weight is 247 g/mol. The Morgan fingerprint density at radius 1 is 1.28 bits per heavy atom. The summed E-state index contributed by atoms with van der Waals surface area (Å²) in [5.74, 6) is 0.280. The predicted molar refractivity (Wildman–Crippen MR) is 76.5 cm³/mol. The number of carbonyl (C=O) groups is 1. The first-order valence-corrected chi connectivity index (χ1v) is 6.80. The summed E-state index contributed by atoms with van der Waals surface area (Å²) in [6, 6.07) is 10.3. The van der Waals surface area contributed by atoms with Crippen molar-refractivity contribution in [1.29, 1.82) is 0 Å². The molecular weight excluding hydrogens is 222 g/mol. The highest BCUT2D eigenvalue weighted by molar-refractivity contribution is 5.78. The number of amides is 1. The van der Waals surface area contributed by atoms with E-state index in [9.17, 15) is 4.79 Å². The Kier molecular flexibility index (Phi) is 5.39. The normalized spacial score (nSPS) is 13.1. The van der Waals surface area contributed by atoms with Crippen molar-refractivity contribution in [2.75, 3.05) is 6.54 Å². The first-order chi connectivity index (χ1) is 8.47. The molecule has 0 bridgehead atoms. The Bertz CT molecular complexity index is 370. The Hall–Kier alpha value is -1.31. The first kappa shape index (κ1) is 14.7. The summed E-state index contributed by atoms with van der Waals surface area (Å²) in [5.41, 5.74) is 1.23. The minimum Gasteiger partial charge on any atom is -0.355 e. The van der Waals surface area contributed by atoms with E-state index in [0.717, 1.165) is 12.8 Å². The van der Waals surface area contributed by atoms with E-state index < -0.39 is 0 Å². The van der Waals surface area contributed by atoms with E-state index in [1.165, 1.54) is 5.56 Å². The molecule has 0 aliphatic rings. The largest absolute Gasteiger partial charge is 0.355 e. The zero-order valence-corrected chi connectivity index (χ0v) is 12.0. The Labute approximate surface area is 111 Å². The molecule has 0 radical (unpaired) electrons. The fraction of sp³-hybridized carbons (Fsp3) is 0.562. The van der Waals surface area contributed by atoms with Gasteiger partial charge >= 0.3 is 0 Å². The van der Waals surface area contributed by atoms with Gasteiger partial charge in [0.1, 0.15) is 0 Å². The lowest BCUT2D eigenvalue weighted by Crippen LogP contribution is -2.39. The first-order valence-electron chi connectivity index (χ1n) is 6.80. The van der Waals surface area contributed by atoms with Gasteiger partial charge in [-0.3, -0.25) is 4.79 Å². The van der Waals surface area contributed by atoms with E-state index in [0.29, 0.717) is 6.54 Å². The standard InChI is InChI=1S/C16H25NO/c1-5-9-13(2)15(18)17-12-16(3,4)14-10-7-6-8-11-14/h6-8,10-11,13H,5,9,12H2,1-4H3,(H,17,18). The molecule has 0 fully saturated rings. The van der Waals surface area contributed by atoms with Crippen LogP contribution in [0.4, 0.5) is 0 Å². The van der Waals surface area contributed by atoms with Crippen molar-refractivity contribution in [3.63, 3.8) is 0 Å². The van der Waals surface area contributed by atoms with E-state index in [1.807, 2.05) is 25.1 Å². The zero-order chi connectivity index (χ0) is 13.6. The van der Waals surface area contributed by atoms with Crippen molar-refractivity contribution in [1.82, 2.24) is 5.32 Å². The third kappa shape index (κ3) is 4.17. The molecule has 0 aliphatic carbocycles. The monoisotopic (exact) mass is 247 g/mol. The van der Waals surface area contributed by atoms with Gasteiger partial charge in [0, 0.05) is 17.9 Å². The molecule has 0 heterocycles. The van der Waals surface area contributed by atoms with Crippen LogP contribution in [-0.4, -0.2) is 12.5 Å². The molecule has 18 heavy (non-hydrogen) atoms. The molecular formula is C16H25NO. The Balaban J connectivity index is 2.55. The molecule has 1 aromatic rings. The second kappa shape index (κ2) is 6.58. The van der Waals surface area contributed by atoms with Gasteiger partial charge in [-0.15, -0.1) is 0 Å². The van der Waals surface area contributed by atoms with Gasteiger partial charge in [-0.05, 0) is 12.0 Å². The van der Waals surface area contributed by atoms with Crippen LogP contribution in [0.5, 0.6) is 0 Å². The van der Waals surface area contributed by atoms with E-state index in [4.69, 9.17) is 0 Å². The Morgan fingerprint density at radius 2 is 1.89 bits per heavy atom. The lowest BCUT2D eigenvalue weighted by atomic mass is 9.84. The van der Waals surface area contributed by atoms with Crippen LogP contribution in [0.2, 0.25) is 0 Å². The van der Waals surface area contributed by atoms with Gasteiger partial charge < -0.3 is 5.32 Å². The van der Waals surface area contributed by atoms with Crippen LogP contribution < -0.4 is 5.32 Å². The number of hydrogen-bond acceptors (Lipinski definition) is 1. The molecule has 2 nitrogen and oxygen atoms in total. The fourth-order valence-corrected chi connectivity index (χ4v) is 2.04. The maximum Gasteiger partial charge on any atom is 0.222 e. The maximum atomic E-state index is 11.9. The fourth-order valence-electron chi connectivity index (χ4n) is 2.04. The van der Waals surface area contributed by atoms with Crippen LogP contribution in [0.15, 0.2) is 30.3 Å². The SMILES string of the molecule is CCCC(C)C(=O)NCC(C)(C)c1ccccc1. The smallest absolute Gasteiger partial charge is 0.222 e. The number of nitrogens with one attached hydrogen (secondary N) is 1. The van der Waals surface area contributed by atoms with Crippen molar-refractivity contribution in [2.24, 2.45) is 5.92 Å². The molecule has 2 heteroatoms. The van der Waals surface area contributed by atoms with Crippen LogP contribution in [0, 0.1) is 5.92 Å². The minimum atomic E-state index is -0.0249. The average Bonchev–Trinajstić information content (AvgIpc) is 2.37. The molecule has 1 amide bonds. The van der Waals surface area contributed by atoms with Crippen LogP contribution in [0.25, 0.3) is 0 Å². The highest BCUT2D eigenvalue weighted by Gasteiger charge is 2.22. The van der Waals surface area contributed by atoms with Gasteiger partial charge in [-0.25, -0.2) is 0 Å². The van der Waals surface area contributed by atoms with Crippen LogP contribution >= 0.6 is 0 Å². The molecule has 1 aromatic carbocycles. The zero-order valence-electron chi connectivity index (χ0n) is 12.0. The van der Waals surface area contributed by atoms with Gasteiger partial charge in [-0.2, -0.15) is 0 Å². The van der Waals surface area contributed by atoms with E-state index in [2.05, 4.69) is 38.2 Å². The van der Waals surface area contributed by atoms with Crippen molar-refractivity contribution < 1.29 is 4.79 Å². The third-order valence-corrected chi connectivity index (χ3v) is 3.43. The molecule has 1 rings (SSSR count). The molecule has 0 spiro atoms. The van der Waals surface area contributed by atoms with E-state index >= 15 is 0 Å². The Morgan fingerprint density at radius 3 is 2.44 bits per heavy atom. The predicted octanol–water partition coefficient (Wildman–Crippen LogP) is 3.52. The van der Waals surface area contributed by atoms with E-state index in [1.54, 1.807) is 0 Å². The van der Waals surface area contributed by atoms with Gasteiger partial charge in [0.25, 0.3) is 0 Å². The van der Waals surface area contributed by atoms with Gasteiger partial charge in [-0.1, -0.05) is 64.4 Å². The summed E-state index contributed by atoms with van der Waals surface area (Å²) >= 11 is 0. The van der Waals surface area contributed by atoms with Gasteiger partial charge in [0.15, 0.2) is 0 Å². The summed E-state index contributed by atoms with van der Waals surface area (Å²) < 4.78 is 0. The summed E-state index contributed by atoms with van der Waals surface area (Å²) in [7, 11) is 0. The number of carbonyl (C=O) groups excluding carboxylic acids is 1. The quantitative estimate of drug-likeness (QED) is 0.819. The molecule has 0 aromatic heterocycles. The minimum absolute atomic E-state index is 0.0249. The summed E-state index contributed by atoms with van der Waals surface area (Å²) in [4.78, 5) is 11.9. The second-order valence-corrected chi connectivity index (χ2v) is 5.66. The lowest BCUT2D eigenvalue weighted by molar-refractivity contribution is -0.124. The molecule has 1 unspecified atom stereocenters. The molecule has 0 saturated heterocycles. The molecule has 100 valence electrons. The highest BCUT2D eigenvalue weighted by atomic mass is 16.1. The summed E-state index contributed by atoms with van der Waals surface area (Å²) in [6.07, 6.45) is 2.01. The summed E-state index contributed by atoms with van der Waals surface area (Å²) in [6.45, 7) is 9.11. The van der Waals surface area contributed by atoms with Crippen LogP contribution in [0.1, 0.15) is 46.1 Å².